The molecule has 4 heteroatoms. The molecule has 0 spiro atoms. The Morgan fingerprint density at radius 3 is 2.50 bits per heavy atom. The molecule has 0 fully saturated rings. The summed E-state index contributed by atoms with van der Waals surface area (Å²) in [6.45, 7) is 3.76. The molecule has 1 aromatic rings. The first kappa shape index (κ1) is 12.6. The molecule has 3 nitrogen and oxygen atoms in total. The first-order valence-electron chi connectivity index (χ1n) is 5.15. The molecule has 0 atom stereocenters. The van der Waals surface area contributed by atoms with Crippen molar-refractivity contribution in [1.29, 1.82) is 0 Å². The highest BCUT2D eigenvalue weighted by atomic mass is 32.1. The smallest absolute Gasteiger partial charge is 0.115 e. The van der Waals surface area contributed by atoms with Crippen molar-refractivity contribution in [2.45, 2.75) is 26.7 Å². The van der Waals surface area contributed by atoms with Crippen LogP contribution in [0.3, 0.4) is 0 Å². The second-order valence-electron chi connectivity index (χ2n) is 3.68. The Balaban J connectivity index is 2.42. The third-order valence-electron chi connectivity index (χ3n) is 2.12. The molecule has 0 bridgehead atoms. The first-order valence-corrected chi connectivity index (χ1v) is 5.56. The molecule has 1 rings (SSSR count). The van der Waals surface area contributed by atoms with E-state index in [0.717, 1.165) is 18.6 Å². The third kappa shape index (κ3) is 4.89. The van der Waals surface area contributed by atoms with E-state index in [1.54, 1.807) is 19.1 Å². The number of nitrogens with zero attached hydrogens (tertiary/aromatic N) is 1. The summed E-state index contributed by atoms with van der Waals surface area (Å²) in [5, 5.41) is 13.3. The number of thiocarbonyl (C=S) groups is 1. The number of nitrogens with one attached hydrogen (secondary N) is 1. The van der Waals surface area contributed by atoms with Gasteiger partial charge in [-0.2, -0.15) is 5.10 Å². The Morgan fingerprint density at radius 1 is 1.31 bits per heavy atom. The van der Waals surface area contributed by atoms with Crippen LogP contribution in [0.5, 0.6) is 5.75 Å². The highest BCUT2D eigenvalue weighted by Crippen LogP contribution is 2.11. The van der Waals surface area contributed by atoms with Crippen molar-refractivity contribution in [3.8, 4) is 5.75 Å². The van der Waals surface area contributed by atoms with Crippen LogP contribution >= 0.6 is 12.2 Å². The van der Waals surface area contributed by atoms with E-state index in [9.17, 15) is 0 Å². The molecule has 0 aromatic heterocycles. The lowest BCUT2D eigenvalue weighted by atomic mass is 10.1. The van der Waals surface area contributed by atoms with E-state index in [0.29, 0.717) is 10.7 Å². The number of aryl methyl sites for hydroxylation is 1. The van der Waals surface area contributed by atoms with Crippen molar-refractivity contribution in [3.63, 3.8) is 0 Å². The zero-order chi connectivity index (χ0) is 12.0. The number of aromatic hydroxyl groups is 1. The van der Waals surface area contributed by atoms with Crippen LogP contribution in [0.2, 0.25) is 0 Å². The predicted molar refractivity (Wildman–Crippen MR) is 70.9 cm³/mol. The van der Waals surface area contributed by atoms with Crippen LogP contribution in [-0.2, 0) is 6.42 Å². The topological polar surface area (TPSA) is 44.6 Å². The van der Waals surface area contributed by atoms with Gasteiger partial charge in [-0.15, -0.1) is 0 Å². The van der Waals surface area contributed by atoms with Gasteiger partial charge in [-0.25, -0.2) is 0 Å². The van der Waals surface area contributed by atoms with Crippen LogP contribution in [0, 0.1) is 0 Å². The number of hydrogen-bond acceptors (Lipinski definition) is 3. The molecule has 0 aliphatic carbocycles. The highest BCUT2D eigenvalue weighted by molar-refractivity contribution is 7.80. The maximum Gasteiger partial charge on any atom is 0.115 e. The Labute approximate surface area is 101 Å². The Hall–Kier alpha value is -1.42. The number of rotatable bonds is 4. The number of hydrazone groups is 1. The minimum Gasteiger partial charge on any atom is -0.508 e. The average Bonchev–Trinajstić information content (AvgIpc) is 2.25. The van der Waals surface area contributed by atoms with Crippen molar-refractivity contribution in [3.05, 3.63) is 29.8 Å². The van der Waals surface area contributed by atoms with Crippen molar-refractivity contribution in [1.82, 2.24) is 5.43 Å². The molecular formula is C12H16N2OS. The van der Waals surface area contributed by atoms with Gasteiger partial charge in [0.25, 0.3) is 0 Å². The normalized spacial score (nSPS) is 11.2. The zero-order valence-corrected chi connectivity index (χ0v) is 10.3. The van der Waals surface area contributed by atoms with E-state index in [2.05, 4.69) is 10.5 Å². The fourth-order valence-electron chi connectivity index (χ4n) is 1.22. The van der Waals surface area contributed by atoms with E-state index < -0.39 is 0 Å². The van der Waals surface area contributed by atoms with Crippen molar-refractivity contribution in [2.75, 3.05) is 0 Å². The lowest BCUT2D eigenvalue weighted by molar-refractivity contribution is 0.475. The zero-order valence-electron chi connectivity index (χ0n) is 9.53. The molecule has 0 radical (unpaired) electrons. The lowest BCUT2D eigenvalue weighted by Crippen LogP contribution is -2.13. The van der Waals surface area contributed by atoms with Gasteiger partial charge < -0.3 is 5.11 Å². The van der Waals surface area contributed by atoms with Gasteiger partial charge >= 0.3 is 0 Å². The number of phenolic OH excluding ortho intramolecular Hbond substituents is 1. The largest absolute Gasteiger partial charge is 0.508 e. The monoisotopic (exact) mass is 236 g/mol. The summed E-state index contributed by atoms with van der Waals surface area (Å²) >= 11 is 4.86. The Bertz CT molecular complexity index is 385. The Morgan fingerprint density at radius 2 is 1.94 bits per heavy atom. The number of phenols is 1. The fraction of sp³-hybridized carbons (Fsp3) is 0.333. The van der Waals surface area contributed by atoms with Crippen LogP contribution < -0.4 is 5.43 Å². The summed E-state index contributed by atoms with van der Waals surface area (Å²) in [6, 6.07) is 7.23. The third-order valence-corrected chi connectivity index (χ3v) is 2.21. The average molecular weight is 236 g/mol. The minimum absolute atomic E-state index is 0.298. The van der Waals surface area contributed by atoms with Gasteiger partial charge in [-0.3, -0.25) is 5.43 Å². The molecule has 0 aliphatic heterocycles. The fourth-order valence-corrected chi connectivity index (χ4v) is 1.26. The summed E-state index contributed by atoms with van der Waals surface area (Å²) in [5.74, 6) is 0.298. The number of benzene rings is 1. The van der Waals surface area contributed by atoms with E-state index in [4.69, 9.17) is 17.3 Å². The minimum atomic E-state index is 0.298. The van der Waals surface area contributed by atoms with Crippen molar-refractivity contribution < 1.29 is 5.11 Å². The maximum atomic E-state index is 9.13. The van der Waals surface area contributed by atoms with Gasteiger partial charge in [0.05, 0.1) is 4.99 Å². The highest BCUT2D eigenvalue weighted by Gasteiger charge is 1.96. The quantitative estimate of drug-likeness (QED) is 0.480. The summed E-state index contributed by atoms with van der Waals surface area (Å²) < 4.78 is 0. The van der Waals surface area contributed by atoms with E-state index in [1.807, 2.05) is 19.1 Å². The molecule has 0 amide bonds. The molecule has 0 heterocycles. The summed E-state index contributed by atoms with van der Waals surface area (Å²) in [4.78, 5) is 0.670. The summed E-state index contributed by atoms with van der Waals surface area (Å²) in [5.41, 5.74) is 4.97. The van der Waals surface area contributed by atoms with Gasteiger partial charge in [0.2, 0.25) is 0 Å². The van der Waals surface area contributed by atoms with E-state index in [1.165, 1.54) is 5.56 Å². The van der Waals surface area contributed by atoms with Gasteiger partial charge in [0.15, 0.2) is 0 Å². The molecule has 16 heavy (non-hydrogen) atoms. The second kappa shape index (κ2) is 6.23. The molecular weight excluding hydrogens is 220 g/mol. The Kier molecular flexibility index (Phi) is 4.92. The lowest BCUT2D eigenvalue weighted by Gasteiger charge is -2.02. The predicted octanol–water partition coefficient (Wildman–Crippen LogP) is 2.64. The molecule has 2 N–H and O–H groups in total. The van der Waals surface area contributed by atoms with Crippen LogP contribution in [0.1, 0.15) is 25.8 Å². The molecule has 86 valence electrons. The SMILES string of the molecule is CC(=S)N/N=C(\C)CCc1ccc(O)cc1. The van der Waals surface area contributed by atoms with Gasteiger partial charge in [0.1, 0.15) is 5.75 Å². The van der Waals surface area contributed by atoms with Gasteiger partial charge in [-0.05, 0) is 44.4 Å². The molecule has 1 aromatic carbocycles. The van der Waals surface area contributed by atoms with Gasteiger partial charge in [0, 0.05) is 5.71 Å². The standard InChI is InChI=1S/C12H16N2OS/c1-9(13-14-10(2)16)3-4-11-5-7-12(15)8-6-11/h5-8,15H,3-4H2,1-2H3,(H,14,16)/b13-9+. The van der Waals surface area contributed by atoms with E-state index in [-0.39, 0.29) is 0 Å². The molecule has 0 saturated heterocycles. The summed E-state index contributed by atoms with van der Waals surface area (Å²) in [6.07, 6.45) is 1.79. The summed E-state index contributed by atoms with van der Waals surface area (Å²) in [7, 11) is 0. The maximum absolute atomic E-state index is 9.13. The van der Waals surface area contributed by atoms with Crippen molar-refractivity contribution >= 4 is 22.9 Å². The van der Waals surface area contributed by atoms with Crippen LogP contribution in [0.4, 0.5) is 0 Å². The molecule has 0 saturated carbocycles. The second-order valence-corrected chi connectivity index (χ2v) is 4.29. The van der Waals surface area contributed by atoms with Crippen LogP contribution in [-0.4, -0.2) is 15.8 Å². The number of hydrogen-bond donors (Lipinski definition) is 2. The van der Waals surface area contributed by atoms with Crippen LogP contribution in [0.25, 0.3) is 0 Å². The van der Waals surface area contributed by atoms with Crippen LogP contribution in [0.15, 0.2) is 29.4 Å². The molecule has 0 unspecified atom stereocenters. The van der Waals surface area contributed by atoms with Crippen molar-refractivity contribution in [2.24, 2.45) is 5.10 Å². The first-order chi connectivity index (χ1) is 7.58. The molecule has 0 aliphatic rings. The van der Waals surface area contributed by atoms with Gasteiger partial charge in [-0.1, -0.05) is 24.4 Å². The van der Waals surface area contributed by atoms with E-state index >= 15 is 0 Å².